The van der Waals surface area contributed by atoms with E-state index in [-0.39, 0.29) is 0 Å². The zero-order chi connectivity index (χ0) is 9.68. The van der Waals surface area contributed by atoms with E-state index in [9.17, 15) is 0 Å². The molecular weight excluding hydrogens is 178 g/mol. The van der Waals surface area contributed by atoms with Gasteiger partial charge in [0.05, 0.1) is 0 Å². The molecule has 0 saturated carbocycles. The Morgan fingerprint density at radius 3 is 2.85 bits per heavy atom. The number of benzene rings is 1. The molecule has 13 heavy (non-hydrogen) atoms. The van der Waals surface area contributed by atoms with E-state index in [1.54, 1.807) is 0 Å². The second-order valence-corrected chi connectivity index (χ2v) is 4.37. The molecule has 1 unspecified atom stereocenters. The molecule has 1 aromatic rings. The maximum absolute atomic E-state index is 5.68. The lowest BCUT2D eigenvalue weighted by atomic mass is 10.1. The highest BCUT2D eigenvalue weighted by molar-refractivity contribution is 7.80. The van der Waals surface area contributed by atoms with E-state index in [0.29, 0.717) is 5.25 Å². The Kier molecular flexibility index (Phi) is 4.16. The SMILES string of the molecule is CC(S)CCCc1cccc(N)c1. The second kappa shape index (κ2) is 5.18. The monoisotopic (exact) mass is 195 g/mol. The van der Waals surface area contributed by atoms with Crippen LogP contribution in [0.4, 0.5) is 5.69 Å². The zero-order valence-electron chi connectivity index (χ0n) is 8.03. The number of nitrogens with two attached hydrogens (primary N) is 1. The largest absolute Gasteiger partial charge is 0.399 e. The molecule has 1 nitrogen and oxygen atoms in total. The third-order valence-corrected chi connectivity index (χ3v) is 2.30. The Balaban J connectivity index is 2.37. The lowest BCUT2D eigenvalue weighted by molar-refractivity contribution is 0.732. The minimum Gasteiger partial charge on any atom is -0.399 e. The third-order valence-electron chi connectivity index (χ3n) is 2.04. The van der Waals surface area contributed by atoms with Gasteiger partial charge in [-0.3, -0.25) is 0 Å². The van der Waals surface area contributed by atoms with Crippen molar-refractivity contribution in [2.75, 3.05) is 5.73 Å². The van der Waals surface area contributed by atoms with Crippen molar-refractivity contribution in [2.45, 2.75) is 31.4 Å². The van der Waals surface area contributed by atoms with Gasteiger partial charge in [-0.25, -0.2) is 0 Å². The normalized spacial score (nSPS) is 12.8. The van der Waals surface area contributed by atoms with Crippen molar-refractivity contribution in [2.24, 2.45) is 0 Å². The summed E-state index contributed by atoms with van der Waals surface area (Å²) in [5, 5.41) is 0.501. The summed E-state index contributed by atoms with van der Waals surface area (Å²) in [5.74, 6) is 0. The zero-order valence-corrected chi connectivity index (χ0v) is 8.93. The van der Waals surface area contributed by atoms with Crippen LogP contribution >= 0.6 is 12.6 Å². The molecule has 0 bridgehead atoms. The van der Waals surface area contributed by atoms with E-state index in [0.717, 1.165) is 18.5 Å². The van der Waals surface area contributed by atoms with Crippen LogP contribution < -0.4 is 5.73 Å². The van der Waals surface area contributed by atoms with Crippen molar-refractivity contribution in [3.63, 3.8) is 0 Å². The van der Waals surface area contributed by atoms with E-state index in [1.165, 1.54) is 12.0 Å². The molecule has 0 amide bonds. The van der Waals surface area contributed by atoms with E-state index in [4.69, 9.17) is 5.73 Å². The number of hydrogen-bond acceptors (Lipinski definition) is 2. The first-order valence-corrected chi connectivity index (χ1v) is 5.22. The highest BCUT2D eigenvalue weighted by Crippen LogP contribution is 2.11. The summed E-state index contributed by atoms with van der Waals surface area (Å²) < 4.78 is 0. The first-order valence-electron chi connectivity index (χ1n) is 4.71. The number of nitrogen functional groups attached to an aromatic ring is 1. The third kappa shape index (κ3) is 4.23. The molecule has 0 saturated heterocycles. The van der Waals surface area contributed by atoms with Gasteiger partial charge in [0.25, 0.3) is 0 Å². The highest BCUT2D eigenvalue weighted by atomic mass is 32.1. The summed E-state index contributed by atoms with van der Waals surface area (Å²) in [6.07, 6.45) is 3.46. The molecule has 1 atom stereocenters. The van der Waals surface area contributed by atoms with Gasteiger partial charge in [0.2, 0.25) is 0 Å². The molecule has 1 aromatic carbocycles. The molecule has 0 spiro atoms. The Bertz CT molecular complexity index is 258. The number of rotatable bonds is 4. The summed E-state index contributed by atoms with van der Waals surface area (Å²) >= 11 is 4.34. The van der Waals surface area contributed by atoms with Crippen LogP contribution in [0.3, 0.4) is 0 Å². The van der Waals surface area contributed by atoms with Crippen LogP contribution in [0.15, 0.2) is 24.3 Å². The van der Waals surface area contributed by atoms with Gasteiger partial charge in [0.15, 0.2) is 0 Å². The number of anilines is 1. The van der Waals surface area contributed by atoms with Gasteiger partial charge in [-0.05, 0) is 42.2 Å². The highest BCUT2D eigenvalue weighted by Gasteiger charge is 1.96. The molecular formula is C11H17NS. The van der Waals surface area contributed by atoms with E-state index >= 15 is 0 Å². The van der Waals surface area contributed by atoms with Crippen molar-refractivity contribution in [1.29, 1.82) is 0 Å². The Morgan fingerprint density at radius 2 is 2.23 bits per heavy atom. The fraction of sp³-hybridized carbons (Fsp3) is 0.455. The standard InChI is InChI=1S/C11H17NS/c1-9(13)4-2-5-10-6-3-7-11(12)8-10/h3,6-9,13H,2,4-5,12H2,1H3. The minimum absolute atomic E-state index is 0.501. The molecule has 0 radical (unpaired) electrons. The van der Waals surface area contributed by atoms with Crippen molar-refractivity contribution >= 4 is 18.3 Å². The van der Waals surface area contributed by atoms with Crippen molar-refractivity contribution in [3.8, 4) is 0 Å². The smallest absolute Gasteiger partial charge is 0.0316 e. The predicted molar refractivity (Wildman–Crippen MR) is 62.2 cm³/mol. The van der Waals surface area contributed by atoms with Crippen LogP contribution in [0.5, 0.6) is 0 Å². The summed E-state index contributed by atoms with van der Waals surface area (Å²) in [4.78, 5) is 0. The number of thiol groups is 1. The molecule has 2 heteroatoms. The van der Waals surface area contributed by atoms with Crippen LogP contribution in [-0.4, -0.2) is 5.25 Å². The fourth-order valence-corrected chi connectivity index (χ4v) is 1.53. The van der Waals surface area contributed by atoms with Gasteiger partial charge in [-0.1, -0.05) is 19.1 Å². The molecule has 0 fully saturated rings. The average molecular weight is 195 g/mol. The van der Waals surface area contributed by atoms with Gasteiger partial charge in [0.1, 0.15) is 0 Å². The van der Waals surface area contributed by atoms with Crippen LogP contribution in [0.2, 0.25) is 0 Å². The minimum atomic E-state index is 0.501. The quantitative estimate of drug-likeness (QED) is 0.560. The van der Waals surface area contributed by atoms with E-state index in [2.05, 4.69) is 25.6 Å². The molecule has 2 N–H and O–H groups in total. The fourth-order valence-electron chi connectivity index (χ4n) is 1.35. The maximum Gasteiger partial charge on any atom is 0.0316 e. The van der Waals surface area contributed by atoms with Gasteiger partial charge in [-0.15, -0.1) is 0 Å². The lowest BCUT2D eigenvalue weighted by Gasteiger charge is -2.04. The molecule has 0 heterocycles. The summed E-state index contributed by atoms with van der Waals surface area (Å²) in [6, 6.07) is 8.10. The summed E-state index contributed by atoms with van der Waals surface area (Å²) in [5.41, 5.74) is 7.86. The summed E-state index contributed by atoms with van der Waals surface area (Å²) in [7, 11) is 0. The Hall–Kier alpha value is -0.630. The van der Waals surface area contributed by atoms with Crippen LogP contribution in [-0.2, 0) is 6.42 Å². The van der Waals surface area contributed by atoms with Gasteiger partial charge in [0, 0.05) is 5.69 Å². The van der Waals surface area contributed by atoms with Crippen molar-refractivity contribution in [1.82, 2.24) is 0 Å². The van der Waals surface area contributed by atoms with Crippen molar-refractivity contribution < 1.29 is 0 Å². The molecule has 72 valence electrons. The molecule has 1 rings (SSSR count). The molecule has 0 aromatic heterocycles. The van der Waals surface area contributed by atoms with Gasteiger partial charge < -0.3 is 5.73 Å². The van der Waals surface area contributed by atoms with Gasteiger partial charge in [-0.2, -0.15) is 12.6 Å². The predicted octanol–water partition coefficient (Wildman–Crippen LogP) is 2.91. The van der Waals surface area contributed by atoms with Gasteiger partial charge >= 0.3 is 0 Å². The molecule has 0 aliphatic heterocycles. The second-order valence-electron chi connectivity index (χ2n) is 3.49. The number of hydrogen-bond donors (Lipinski definition) is 2. The molecule has 0 aliphatic rings. The average Bonchev–Trinajstić information content (AvgIpc) is 2.03. The Labute approximate surface area is 85.8 Å². The topological polar surface area (TPSA) is 26.0 Å². The van der Waals surface area contributed by atoms with E-state index in [1.807, 2.05) is 18.2 Å². The van der Waals surface area contributed by atoms with E-state index < -0.39 is 0 Å². The van der Waals surface area contributed by atoms with Crippen molar-refractivity contribution in [3.05, 3.63) is 29.8 Å². The maximum atomic E-state index is 5.68. The molecule has 0 aliphatic carbocycles. The number of aryl methyl sites for hydroxylation is 1. The summed E-state index contributed by atoms with van der Waals surface area (Å²) in [6.45, 7) is 2.13. The first kappa shape index (κ1) is 10.5. The van der Waals surface area contributed by atoms with Crippen LogP contribution in [0.1, 0.15) is 25.3 Å². The first-order chi connectivity index (χ1) is 6.18. The Morgan fingerprint density at radius 1 is 1.46 bits per heavy atom. The lowest BCUT2D eigenvalue weighted by Crippen LogP contribution is -1.94. The van der Waals surface area contributed by atoms with Crippen LogP contribution in [0.25, 0.3) is 0 Å². The van der Waals surface area contributed by atoms with Crippen LogP contribution in [0, 0.1) is 0 Å².